The van der Waals surface area contributed by atoms with Crippen LogP contribution in [0.1, 0.15) is 19.8 Å². The summed E-state index contributed by atoms with van der Waals surface area (Å²) < 4.78 is 38.5. The summed E-state index contributed by atoms with van der Waals surface area (Å²) in [5.41, 5.74) is 0. The third kappa shape index (κ3) is 4.25. The molecule has 1 saturated heterocycles. The van der Waals surface area contributed by atoms with Gasteiger partial charge in [0, 0.05) is 12.1 Å². The summed E-state index contributed by atoms with van der Waals surface area (Å²) in [6.45, 7) is 2.85. The normalized spacial score (nSPS) is 21.8. The maximum Gasteiger partial charge on any atom is 0.248 e. The van der Waals surface area contributed by atoms with Gasteiger partial charge in [-0.1, -0.05) is 6.07 Å². The van der Waals surface area contributed by atoms with E-state index in [1.54, 1.807) is 18.2 Å². The Labute approximate surface area is 138 Å². The Morgan fingerprint density at radius 1 is 1.23 bits per heavy atom. The van der Waals surface area contributed by atoms with E-state index >= 15 is 0 Å². The predicted octanol–water partition coefficient (Wildman–Crippen LogP) is 1.54. The van der Waals surface area contributed by atoms with E-state index in [9.17, 15) is 8.42 Å². The molecule has 0 saturated carbocycles. The van der Waals surface area contributed by atoms with E-state index in [2.05, 4.69) is 10.0 Å². The van der Waals surface area contributed by atoms with Gasteiger partial charge in [0.05, 0.1) is 14.2 Å². The molecule has 0 radical (unpaired) electrons. The Kier molecular flexibility index (Phi) is 6.93. The fourth-order valence-electron chi connectivity index (χ4n) is 2.60. The smallest absolute Gasteiger partial charge is 0.248 e. The van der Waals surface area contributed by atoms with Gasteiger partial charge in [0.25, 0.3) is 0 Å². The van der Waals surface area contributed by atoms with E-state index in [4.69, 9.17) is 9.47 Å². The average molecular weight is 351 g/mol. The number of sulfonamides is 1. The number of piperidine rings is 1. The van der Waals surface area contributed by atoms with Gasteiger partial charge >= 0.3 is 0 Å². The molecule has 22 heavy (non-hydrogen) atoms. The number of ether oxygens (including phenoxy) is 2. The summed E-state index contributed by atoms with van der Waals surface area (Å²) in [5.74, 6) is 0.563. The summed E-state index contributed by atoms with van der Waals surface area (Å²) in [6.07, 6.45) is 1.53. The van der Waals surface area contributed by atoms with Crippen LogP contribution in [-0.4, -0.2) is 41.3 Å². The van der Waals surface area contributed by atoms with Crippen LogP contribution in [0.2, 0.25) is 0 Å². The lowest BCUT2D eigenvalue weighted by Gasteiger charge is -2.28. The number of hydrogen-bond donors (Lipinski definition) is 2. The maximum atomic E-state index is 12.7. The quantitative estimate of drug-likeness (QED) is 0.842. The van der Waals surface area contributed by atoms with Crippen molar-refractivity contribution in [2.24, 2.45) is 0 Å². The minimum Gasteiger partial charge on any atom is -0.495 e. The standard InChI is InChI=1S/C14H22N2O4S.ClH/c1-10-9-11(7-8-15-10)16-21(17,18)14-12(19-2)5-4-6-13(14)20-3;/h4-6,10-11,15-16H,7-9H2,1-3H3;1H. The highest BCUT2D eigenvalue weighted by molar-refractivity contribution is 7.89. The molecule has 0 aliphatic carbocycles. The van der Waals surface area contributed by atoms with Gasteiger partial charge < -0.3 is 14.8 Å². The zero-order valence-electron chi connectivity index (χ0n) is 13.0. The minimum atomic E-state index is -3.70. The number of halogens is 1. The molecule has 2 rings (SSSR count). The molecule has 6 nitrogen and oxygen atoms in total. The van der Waals surface area contributed by atoms with Crippen LogP contribution in [0, 0.1) is 0 Å². The van der Waals surface area contributed by atoms with Gasteiger partial charge in [-0.05, 0) is 38.4 Å². The maximum absolute atomic E-state index is 12.7. The highest BCUT2D eigenvalue weighted by Gasteiger charge is 2.29. The van der Waals surface area contributed by atoms with Crippen LogP contribution >= 0.6 is 12.4 Å². The van der Waals surface area contributed by atoms with Gasteiger partial charge in [-0.3, -0.25) is 0 Å². The summed E-state index contributed by atoms with van der Waals surface area (Å²) in [4.78, 5) is 0.0567. The van der Waals surface area contributed by atoms with Gasteiger partial charge in [0.1, 0.15) is 11.5 Å². The average Bonchev–Trinajstić information content (AvgIpc) is 2.45. The fraction of sp³-hybridized carbons (Fsp3) is 0.571. The van der Waals surface area contributed by atoms with Crippen molar-refractivity contribution < 1.29 is 17.9 Å². The first kappa shape index (κ1) is 19.0. The molecule has 2 N–H and O–H groups in total. The summed E-state index contributed by atoms with van der Waals surface area (Å²) >= 11 is 0. The molecular formula is C14H23ClN2O4S. The summed E-state index contributed by atoms with van der Waals surface area (Å²) in [5, 5.41) is 3.30. The van der Waals surface area contributed by atoms with E-state index in [0.717, 1.165) is 19.4 Å². The molecule has 1 aromatic carbocycles. The first-order valence-corrected chi connectivity index (χ1v) is 8.43. The van der Waals surface area contributed by atoms with Gasteiger partial charge in [0.15, 0.2) is 4.90 Å². The second kappa shape index (κ2) is 8.01. The predicted molar refractivity (Wildman–Crippen MR) is 87.6 cm³/mol. The molecule has 1 aliphatic heterocycles. The van der Waals surface area contributed by atoms with E-state index in [0.29, 0.717) is 6.04 Å². The number of methoxy groups -OCH3 is 2. The van der Waals surface area contributed by atoms with Crippen molar-refractivity contribution in [3.63, 3.8) is 0 Å². The lowest BCUT2D eigenvalue weighted by molar-refractivity contribution is 0.356. The summed E-state index contributed by atoms with van der Waals surface area (Å²) in [6, 6.07) is 5.14. The Morgan fingerprint density at radius 3 is 2.32 bits per heavy atom. The van der Waals surface area contributed by atoms with Crippen LogP contribution < -0.4 is 19.5 Å². The molecule has 1 heterocycles. The second-order valence-corrected chi connectivity index (χ2v) is 6.84. The van der Waals surface area contributed by atoms with Crippen LogP contribution in [-0.2, 0) is 10.0 Å². The van der Waals surface area contributed by atoms with E-state index in [1.165, 1.54) is 14.2 Å². The number of rotatable bonds is 5. The Morgan fingerprint density at radius 2 is 1.82 bits per heavy atom. The van der Waals surface area contributed by atoms with Crippen LogP contribution in [0.5, 0.6) is 11.5 Å². The zero-order valence-corrected chi connectivity index (χ0v) is 14.6. The molecule has 0 amide bonds. The molecule has 2 atom stereocenters. The molecule has 126 valence electrons. The zero-order chi connectivity index (χ0) is 15.5. The first-order valence-electron chi connectivity index (χ1n) is 6.94. The SMILES string of the molecule is COc1cccc(OC)c1S(=O)(=O)NC1CCNC(C)C1.Cl. The van der Waals surface area contributed by atoms with Crippen molar-refractivity contribution in [1.29, 1.82) is 0 Å². The van der Waals surface area contributed by atoms with Crippen molar-refractivity contribution in [3.05, 3.63) is 18.2 Å². The van der Waals surface area contributed by atoms with Crippen molar-refractivity contribution in [2.45, 2.75) is 36.7 Å². The third-order valence-electron chi connectivity index (χ3n) is 3.60. The van der Waals surface area contributed by atoms with Crippen LogP contribution in [0.15, 0.2) is 23.1 Å². The Balaban J connectivity index is 0.00000242. The second-order valence-electron chi connectivity index (χ2n) is 5.19. The highest BCUT2D eigenvalue weighted by Crippen LogP contribution is 2.33. The first-order chi connectivity index (χ1) is 9.97. The monoisotopic (exact) mass is 350 g/mol. The minimum absolute atomic E-state index is 0. The van der Waals surface area contributed by atoms with Gasteiger partial charge in [-0.15, -0.1) is 12.4 Å². The Hall–Kier alpha value is -1.02. The molecule has 1 aliphatic rings. The van der Waals surface area contributed by atoms with Crippen LogP contribution in [0.25, 0.3) is 0 Å². The molecule has 1 fully saturated rings. The lowest BCUT2D eigenvalue weighted by atomic mass is 10.0. The fourth-order valence-corrected chi connectivity index (χ4v) is 4.20. The van der Waals surface area contributed by atoms with Crippen molar-refractivity contribution in [1.82, 2.24) is 10.0 Å². The van der Waals surface area contributed by atoms with E-state index in [-0.39, 0.29) is 34.8 Å². The molecule has 0 spiro atoms. The van der Waals surface area contributed by atoms with Crippen molar-refractivity contribution in [3.8, 4) is 11.5 Å². The molecule has 0 aromatic heterocycles. The van der Waals surface area contributed by atoms with Gasteiger partial charge in [0.2, 0.25) is 10.0 Å². The summed E-state index contributed by atoms with van der Waals surface area (Å²) in [7, 11) is -0.807. The van der Waals surface area contributed by atoms with E-state index in [1.807, 2.05) is 6.92 Å². The molecule has 2 unspecified atom stereocenters. The lowest BCUT2D eigenvalue weighted by Crippen LogP contribution is -2.46. The molecule has 0 bridgehead atoms. The highest BCUT2D eigenvalue weighted by atomic mass is 35.5. The van der Waals surface area contributed by atoms with Crippen LogP contribution in [0.3, 0.4) is 0 Å². The number of hydrogen-bond acceptors (Lipinski definition) is 5. The number of nitrogens with one attached hydrogen (secondary N) is 2. The van der Waals surface area contributed by atoms with E-state index < -0.39 is 10.0 Å². The largest absolute Gasteiger partial charge is 0.495 e. The van der Waals surface area contributed by atoms with Crippen LogP contribution in [0.4, 0.5) is 0 Å². The molecule has 8 heteroatoms. The molecule has 1 aromatic rings. The van der Waals surface area contributed by atoms with Gasteiger partial charge in [-0.25, -0.2) is 13.1 Å². The number of benzene rings is 1. The topological polar surface area (TPSA) is 76.7 Å². The third-order valence-corrected chi connectivity index (χ3v) is 5.18. The Bertz CT molecular complexity index is 572. The van der Waals surface area contributed by atoms with Gasteiger partial charge in [-0.2, -0.15) is 0 Å². The van der Waals surface area contributed by atoms with Crippen molar-refractivity contribution >= 4 is 22.4 Å². The van der Waals surface area contributed by atoms with Crippen molar-refractivity contribution in [2.75, 3.05) is 20.8 Å². The molecular weight excluding hydrogens is 328 g/mol.